The van der Waals surface area contributed by atoms with E-state index in [2.05, 4.69) is 11.4 Å². The number of rotatable bonds is 1. The summed E-state index contributed by atoms with van der Waals surface area (Å²) >= 11 is 0. The molecule has 0 aliphatic heterocycles. The molecule has 0 heterocycles. The molecule has 0 spiro atoms. The number of alkyl carbamates (subject to hydrolysis) is 1. The Kier molecular flexibility index (Phi) is 3.57. The minimum absolute atomic E-state index is 0.0372. The molecule has 4 nitrogen and oxygen atoms in total. The van der Waals surface area contributed by atoms with Crippen LogP contribution >= 0.6 is 0 Å². The molecule has 1 rings (SSSR count). The molecule has 0 aromatic heterocycles. The third-order valence-corrected chi connectivity index (χ3v) is 2.38. The molecule has 1 N–H and O–H groups in total. The Morgan fingerprint density at radius 1 is 1.47 bits per heavy atom. The third-order valence-electron chi connectivity index (χ3n) is 2.38. The Morgan fingerprint density at radius 3 is 2.67 bits per heavy atom. The van der Waals surface area contributed by atoms with Gasteiger partial charge >= 0.3 is 6.09 Å². The van der Waals surface area contributed by atoms with Crippen LogP contribution in [0.5, 0.6) is 0 Å². The average molecular weight is 210 g/mol. The van der Waals surface area contributed by atoms with Crippen LogP contribution in [0.3, 0.4) is 0 Å². The number of hydrogen-bond donors (Lipinski definition) is 1. The molecule has 0 saturated heterocycles. The summed E-state index contributed by atoms with van der Waals surface area (Å²) in [6, 6.07) is 2.17. The van der Waals surface area contributed by atoms with Gasteiger partial charge in [-0.1, -0.05) is 0 Å². The van der Waals surface area contributed by atoms with E-state index in [-0.39, 0.29) is 12.0 Å². The fourth-order valence-corrected chi connectivity index (χ4v) is 1.75. The molecule has 1 amide bonds. The van der Waals surface area contributed by atoms with E-state index in [0.29, 0.717) is 0 Å². The van der Waals surface area contributed by atoms with Crippen LogP contribution in [0.1, 0.15) is 40.0 Å². The van der Waals surface area contributed by atoms with Crippen LogP contribution < -0.4 is 5.32 Å². The number of amides is 1. The largest absolute Gasteiger partial charge is 0.444 e. The number of carbonyl (C=O) groups is 1. The topological polar surface area (TPSA) is 62.1 Å². The highest BCUT2D eigenvalue weighted by Gasteiger charge is 2.29. The first-order valence-corrected chi connectivity index (χ1v) is 5.31. The molecule has 1 fully saturated rings. The zero-order valence-electron chi connectivity index (χ0n) is 9.54. The average Bonchev–Trinajstić information content (AvgIpc) is 2.48. The second-order valence-corrected chi connectivity index (χ2v) is 4.92. The molecule has 2 atom stereocenters. The molecule has 1 aliphatic rings. The summed E-state index contributed by atoms with van der Waals surface area (Å²) in [7, 11) is 0. The summed E-state index contributed by atoms with van der Waals surface area (Å²) in [6.07, 6.45) is 2.32. The van der Waals surface area contributed by atoms with Crippen molar-refractivity contribution in [2.45, 2.75) is 51.7 Å². The number of hydrogen-bond acceptors (Lipinski definition) is 3. The van der Waals surface area contributed by atoms with Gasteiger partial charge < -0.3 is 10.1 Å². The van der Waals surface area contributed by atoms with E-state index in [9.17, 15) is 4.79 Å². The summed E-state index contributed by atoms with van der Waals surface area (Å²) in [5.41, 5.74) is -0.481. The Labute approximate surface area is 90.6 Å². The van der Waals surface area contributed by atoms with E-state index in [1.807, 2.05) is 20.8 Å². The maximum absolute atomic E-state index is 11.4. The molecular formula is C11H18N2O2. The zero-order valence-corrected chi connectivity index (χ0v) is 9.54. The molecule has 0 aromatic carbocycles. The molecule has 0 radical (unpaired) electrons. The lowest BCUT2D eigenvalue weighted by atomic mass is 10.1. The van der Waals surface area contributed by atoms with Crippen molar-refractivity contribution in [1.29, 1.82) is 5.26 Å². The van der Waals surface area contributed by atoms with Crippen LogP contribution in [-0.4, -0.2) is 17.7 Å². The maximum Gasteiger partial charge on any atom is 0.407 e. The van der Waals surface area contributed by atoms with E-state index in [1.54, 1.807) is 0 Å². The van der Waals surface area contributed by atoms with E-state index in [1.165, 1.54) is 0 Å². The van der Waals surface area contributed by atoms with Gasteiger partial charge in [0, 0.05) is 6.04 Å². The van der Waals surface area contributed by atoms with Crippen LogP contribution in [0.15, 0.2) is 0 Å². The second kappa shape index (κ2) is 4.52. The molecule has 1 aliphatic carbocycles. The SMILES string of the molecule is CC(C)(C)OC(=O)NC1CCCC1C#N. The zero-order chi connectivity index (χ0) is 11.5. The van der Waals surface area contributed by atoms with Crippen molar-refractivity contribution in [1.82, 2.24) is 5.32 Å². The summed E-state index contributed by atoms with van der Waals surface area (Å²) in [6.45, 7) is 5.47. The summed E-state index contributed by atoms with van der Waals surface area (Å²) in [5.74, 6) is -0.0579. The molecule has 2 unspecified atom stereocenters. The smallest absolute Gasteiger partial charge is 0.407 e. The quantitative estimate of drug-likeness (QED) is 0.721. The van der Waals surface area contributed by atoms with Crippen molar-refractivity contribution < 1.29 is 9.53 Å². The molecule has 1 saturated carbocycles. The number of ether oxygens (including phenoxy) is 1. The van der Waals surface area contributed by atoms with Crippen molar-refractivity contribution in [3.05, 3.63) is 0 Å². The van der Waals surface area contributed by atoms with Crippen LogP contribution in [-0.2, 0) is 4.74 Å². The summed E-state index contributed by atoms with van der Waals surface area (Å²) in [5, 5.41) is 11.6. The summed E-state index contributed by atoms with van der Waals surface area (Å²) in [4.78, 5) is 11.4. The lowest BCUT2D eigenvalue weighted by Crippen LogP contribution is -2.40. The minimum Gasteiger partial charge on any atom is -0.444 e. The van der Waals surface area contributed by atoms with Gasteiger partial charge in [0.2, 0.25) is 0 Å². The van der Waals surface area contributed by atoms with Gasteiger partial charge in [-0.25, -0.2) is 4.79 Å². The minimum atomic E-state index is -0.481. The molecule has 15 heavy (non-hydrogen) atoms. The van der Waals surface area contributed by atoms with Gasteiger partial charge in [-0.3, -0.25) is 0 Å². The lowest BCUT2D eigenvalue weighted by Gasteiger charge is -2.22. The Hall–Kier alpha value is -1.24. The monoisotopic (exact) mass is 210 g/mol. The lowest BCUT2D eigenvalue weighted by molar-refractivity contribution is 0.0499. The molecule has 0 bridgehead atoms. The van der Waals surface area contributed by atoms with Gasteiger partial charge in [0.25, 0.3) is 0 Å². The van der Waals surface area contributed by atoms with Crippen LogP contribution in [0.4, 0.5) is 4.79 Å². The predicted octanol–water partition coefficient (Wildman–Crippen LogP) is 2.20. The fourth-order valence-electron chi connectivity index (χ4n) is 1.75. The molecular weight excluding hydrogens is 192 g/mol. The van der Waals surface area contributed by atoms with Crippen molar-refractivity contribution >= 4 is 6.09 Å². The van der Waals surface area contributed by atoms with Crippen LogP contribution in [0.25, 0.3) is 0 Å². The first kappa shape index (κ1) is 11.8. The molecule has 0 aromatic rings. The first-order valence-electron chi connectivity index (χ1n) is 5.31. The van der Waals surface area contributed by atoms with Gasteiger partial charge in [0.05, 0.1) is 12.0 Å². The van der Waals surface area contributed by atoms with Crippen LogP contribution in [0.2, 0.25) is 0 Å². The van der Waals surface area contributed by atoms with Gasteiger partial charge in [-0.2, -0.15) is 5.26 Å². The predicted molar refractivity (Wildman–Crippen MR) is 56.1 cm³/mol. The van der Waals surface area contributed by atoms with E-state index < -0.39 is 11.7 Å². The maximum atomic E-state index is 11.4. The van der Waals surface area contributed by atoms with Crippen LogP contribution in [0, 0.1) is 17.2 Å². The number of nitrogens with zero attached hydrogens (tertiary/aromatic N) is 1. The van der Waals surface area contributed by atoms with Gasteiger partial charge in [-0.05, 0) is 40.0 Å². The van der Waals surface area contributed by atoms with Crippen molar-refractivity contribution in [3.63, 3.8) is 0 Å². The third kappa shape index (κ3) is 3.78. The Balaban J connectivity index is 2.42. The summed E-state index contributed by atoms with van der Waals surface area (Å²) < 4.78 is 5.13. The van der Waals surface area contributed by atoms with Gasteiger partial charge in [0.1, 0.15) is 5.60 Å². The van der Waals surface area contributed by atoms with E-state index in [4.69, 9.17) is 10.00 Å². The number of nitrogens with one attached hydrogen (secondary N) is 1. The highest BCUT2D eigenvalue weighted by molar-refractivity contribution is 5.68. The van der Waals surface area contributed by atoms with Crippen molar-refractivity contribution in [2.75, 3.05) is 0 Å². The van der Waals surface area contributed by atoms with Crippen molar-refractivity contribution in [2.24, 2.45) is 5.92 Å². The van der Waals surface area contributed by atoms with Crippen molar-refractivity contribution in [3.8, 4) is 6.07 Å². The van der Waals surface area contributed by atoms with Gasteiger partial charge in [0.15, 0.2) is 0 Å². The Morgan fingerprint density at radius 2 is 2.13 bits per heavy atom. The molecule has 84 valence electrons. The Bertz CT molecular complexity index is 275. The number of carbonyl (C=O) groups excluding carboxylic acids is 1. The highest BCUT2D eigenvalue weighted by Crippen LogP contribution is 2.25. The highest BCUT2D eigenvalue weighted by atomic mass is 16.6. The first-order chi connectivity index (χ1) is 6.92. The molecule has 4 heteroatoms. The number of nitriles is 1. The van der Waals surface area contributed by atoms with E-state index >= 15 is 0 Å². The normalized spacial score (nSPS) is 25.7. The standard InChI is InChI=1S/C11H18N2O2/c1-11(2,3)15-10(14)13-9-6-4-5-8(9)7-12/h8-9H,4-6H2,1-3H3,(H,13,14). The fraction of sp³-hybridized carbons (Fsp3) is 0.818. The van der Waals surface area contributed by atoms with Gasteiger partial charge in [-0.15, -0.1) is 0 Å². The second-order valence-electron chi connectivity index (χ2n) is 4.92. The van der Waals surface area contributed by atoms with E-state index in [0.717, 1.165) is 19.3 Å².